The minimum absolute atomic E-state index is 0.311. The second kappa shape index (κ2) is 5.06. The molecule has 1 aliphatic carbocycles. The Kier molecular flexibility index (Phi) is 3.26. The number of nitrogen functional groups attached to an aromatic ring is 1. The molecule has 1 aliphatic heterocycles. The van der Waals surface area contributed by atoms with Crippen LogP contribution in [0.1, 0.15) is 25.0 Å². The van der Waals surface area contributed by atoms with Gasteiger partial charge in [0, 0.05) is 31.1 Å². The predicted molar refractivity (Wildman–Crippen MR) is 75.7 cm³/mol. The maximum atomic E-state index is 5.78. The highest BCUT2D eigenvalue weighted by Gasteiger charge is 2.22. The van der Waals surface area contributed by atoms with E-state index in [0.717, 1.165) is 31.0 Å². The van der Waals surface area contributed by atoms with Crippen molar-refractivity contribution in [1.82, 2.24) is 15.3 Å². The number of hydrogen-bond acceptors (Lipinski definition) is 5. The average Bonchev–Trinajstić information content (AvgIpc) is 3.11. The van der Waals surface area contributed by atoms with E-state index in [9.17, 15) is 0 Å². The SMILES string of the molecule is CN[C@@H]1CCN(c2cc(C#CC3CC3)nc(N)n2)C1. The summed E-state index contributed by atoms with van der Waals surface area (Å²) in [4.78, 5) is 10.8. The van der Waals surface area contributed by atoms with Crippen LogP contribution in [0.25, 0.3) is 0 Å². The Bertz CT molecular complexity index is 526. The zero-order chi connectivity index (χ0) is 13.2. The quantitative estimate of drug-likeness (QED) is 0.760. The lowest BCUT2D eigenvalue weighted by Crippen LogP contribution is -2.30. The Morgan fingerprint density at radius 1 is 1.37 bits per heavy atom. The first-order valence-electron chi connectivity index (χ1n) is 6.83. The number of rotatable bonds is 2. The monoisotopic (exact) mass is 257 g/mol. The summed E-state index contributed by atoms with van der Waals surface area (Å²) in [5.74, 6) is 8.10. The molecular weight excluding hydrogens is 238 g/mol. The van der Waals surface area contributed by atoms with E-state index in [1.165, 1.54) is 12.8 Å². The van der Waals surface area contributed by atoms with Crippen LogP contribution in [0.5, 0.6) is 0 Å². The van der Waals surface area contributed by atoms with Crippen LogP contribution >= 0.6 is 0 Å². The van der Waals surface area contributed by atoms with Gasteiger partial charge < -0.3 is 16.0 Å². The van der Waals surface area contributed by atoms with E-state index >= 15 is 0 Å². The highest BCUT2D eigenvalue weighted by molar-refractivity contribution is 5.48. The molecule has 0 aromatic carbocycles. The predicted octanol–water partition coefficient (Wildman–Crippen LogP) is 0.618. The van der Waals surface area contributed by atoms with Crippen molar-refractivity contribution >= 4 is 11.8 Å². The molecule has 1 saturated heterocycles. The molecule has 2 aliphatic rings. The topological polar surface area (TPSA) is 67.1 Å². The Morgan fingerprint density at radius 2 is 2.21 bits per heavy atom. The van der Waals surface area contributed by atoms with Gasteiger partial charge >= 0.3 is 0 Å². The van der Waals surface area contributed by atoms with Gasteiger partial charge in [0.15, 0.2) is 0 Å². The lowest BCUT2D eigenvalue weighted by atomic mass is 10.3. The third-order valence-corrected chi connectivity index (χ3v) is 3.63. The summed E-state index contributed by atoms with van der Waals surface area (Å²) in [6.45, 7) is 1.96. The fourth-order valence-electron chi connectivity index (χ4n) is 2.29. The number of aromatic nitrogens is 2. The fraction of sp³-hybridized carbons (Fsp3) is 0.571. The molecule has 1 atom stereocenters. The molecule has 2 fully saturated rings. The number of anilines is 2. The molecule has 0 bridgehead atoms. The molecule has 5 heteroatoms. The number of nitrogens with two attached hydrogens (primary N) is 1. The molecule has 1 aromatic rings. The Balaban J connectivity index is 1.79. The van der Waals surface area contributed by atoms with Crippen molar-refractivity contribution in [1.29, 1.82) is 0 Å². The molecule has 0 amide bonds. The molecule has 0 unspecified atom stereocenters. The number of likely N-dealkylation sites (N-methyl/N-ethyl adjacent to an activating group) is 1. The van der Waals surface area contributed by atoms with Gasteiger partial charge in [-0.2, -0.15) is 4.98 Å². The largest absolute Gasteiger partial charge is 0.368 e. The Labute approximate surface area is 113 Å². The van der Waals surface area contributed by atoms with Crippen LogP contribution in [-0.4, -0.2) is 36.1 Å². The molecule has 5 nitrogen and oxygen atoms in total. The van der Waals surface area contributed by atoms with Gasteiger partial charge in [-0.3, -0.25) is 0 Å². The summed E-state index contributed by atoms with van der Waals surface area (Å²) in [6, 6.07) is 2.47. The van der Waals surface area contributed by atoms with Gasteiger partial charge in [0.25, 0.3) is 0 Å². The van der Waals surface area contributed by atoms with Crippen molar-refractivity contribution in [2.75, 3.05) is 30.8 Å². The maximum absolute atomic E-state index is 5.78. The van der Waals surface area contributed by atoms with Gasteiger partial charge in [0.2, 0.25) is 5.95 Å². The molecule has 0 radical (unpaired) electrons. The van der Waals surface area contributed by atoms with Crippen molar-refractivity contribution in [3.63, 3.8) is 0 Å². The zero-order valence-electron chi connectivity index (χ0n) is 11.2. The van der Waals surface area contributed by atoms with Crippen LogP contribution in [0, 0.1) is 17.8 Å². The third kappa shape index (κ3) is 2.96. The molecule has 1 saturated carbocycles. The van der Waals surface area contributed by atoms with Gasteiger partial charge in [0.05, 0.1) is 0 Å². The van der Waals surface area contributed by atoms with Crippen LogP contribution in [0.15, 0.2) is 6.07 Å². The van der Waals surface area contributed by atoms with E-state index in [2.05, 4.69) is 32.0 Å². The summed E-state index contributed by atoms with van der Waals surface area (Å²) < 4.78 is 0. The first kappa shape index (κ1) is 12.2. The van der Waals surface area contributed by atoms with E-state index in [-0.39, 0.29) is 0 Å². The molecule has 3 N–H and O–H groups in total. The summed E-state index contributed by atoms with van der Waals surface area (Å²) in [5.41, 5.74) is 6.52. The number of nitrogens with one attached hydrogen (secondary N) is 1. The van der Waals surface area contributed by atoms with Crippen LogP contribution in [0.3, 0.4) is 0 Å². The van der Waals surface area contributed by atoms with Crippen molar-refractivity contribution in [2.45, 2.75) is 25.3 Å². The van der Waals surface area contributed by atoms with E-state index in [1.807, 2.05) is 13.1 Å². The van der Waals surface area contributed by atoms with Crippen LogP contribution in [0.2, 0.25) is 0 Å². The smallest absolute Gasteiger partial charge is 0.223 e. The molecular formula is C14H19N5. The van der Waals surface area contributed by atoms with Gasteiger partial charge in [-0.25, -0.2) is 4.98 Å². The maximum Gasteiger partial charge on any atom is 0.223 e. The second-order valence-electron chi connectivity index (χ2n) is 5.23. The molecule has 100 valence electrons. The summed E-state index contributed by atoms with van der Waals surface area (Å²) in [6.07, 6.45) is 3.57. The Morgan fingerprint density at radius 3 is 2.89 bits per heavy atom. The van der Waals surface area contributed by atoms with Gasteiger partial charge in [-0.15, -0.1) is 0 Å². The van der Waals surface area contributed by atoms with Crippen molar-refractivity contribution in [3.8, 4) is 11.8 Å². The highest BCUT2D eigenvalue weighted by atomic mass is 15.2. The molecule has 0 spiro atoms. The van der Waals surface area contributed by atoms with Crippen molar-refractivity contribution in [3.05, 3.63) is 11.8 Å². The van der Waals surface area contributed by atoms with Crippen LogP contribution < -0.4 is 16.0 Å². The van der Waals surface area contributed by atoms with Crippen molar-refractivity contribution in [2.24, 2.45) is 5.92 Å². The van der Waals surface area contributed by atoms with E-state index < -0.39 is 0 Å². The third-order valence-electron chi connectivity index (χ3n) is 3.63. The number of hydrogen-bond donors (Lipinski definition) is 2. The van der Waals surface area contributed by atoms with E-state index in [4.69, 9.17) is 5.73 Å². The number of nitrogens with zero attached hydrogens (tertiary/aromatic N) is 3. The standard InChI is InChI=1S/C14H19N5/c1-16-12-6-7-19(9-12)13-8-11(17-14(15)18-13)5-4-10-2-3-10/h8,10,12,16H,2-3,6-7,9H2,1H3,(H2,15,17,18)/t12-/m1/s1. The normalized spacial score (nSPS) is 22.2. The molecule has 19 heavy (non-hydrogen) atoms. The lowest BCUT2D eigenvalue weighted by molar-refractivity contribution is 0.616. The summed E-state index contributed by atoms with van der Waals surface area (Å²) >= 11 is 0. The summed E-state index contributed by atoms with van der Waals surface area (Å²) in [7, 11) is 2.00. The van der Waals surface area contributed by atoms with Gasteiger partial charge in [-0.1, -0.05) is 5.92 Å². The minimum atomic E-state index is 0.311. The summed E-state index contributed by atoms with van der Waals surface area (Å²) in [5, 5.41) is 3.30. The van der Waals surface area contributed by atoms with Gasteiger partial charge in [-0.05, 0) is 32.2 Å². The fourth-order valence-corrected chi connectivity index (χ4v) is 2.29. The Hall–Kier alpha value is -1.80. The van der Waals surface area contributed by atoms with Crippen LogP contribution in [0.4, 0.5) is 11.8 Å². The van der Waals surface area contributed by atoms with Gasteiger partial charge in [0.1, 0.15) is 11.5 Å². The van der Waals surface area contributed by atoms with Crippen LogP contribution in [-0.2, 0) is 0 Å². The highest BCUT2D eigenvalue weighted by Crippen LogP contribution is 2.27. The lowest BCUT2D eigenvalue weighted by Gasteiger charge is -2.17. The molecule has 2 heterocycles. The average molecular weight is 257 g/mol. The van der Waals surface area contributed by atoms with E-state index in [0.29, 0.717) is 17.9 Å². The minimum Gasteiger partial charge on any atom is -0.368 e. The van der Waals surface area contributed by atoms with Crippen molar-refractivity contribution < 1.29 is 0 Å². The first-order chi connectivity index (χ1) is 9.24. The van der Waals surface area contributed by atoms with E-state index in [1.54, 1.807) is 0 Å². The molecule has 3 rings (SSSR count). The zero-order valence-corrected chi connectivity index (χ0v) is 11.2. The second-order valence-corrected chi connectivity index (χ2v) is 5.23. The molecule has 1 aromatic heterocycles. The first-order valence-corrected chi connectivity index (χ1v) is 6.83.